The number of rotatable bonds is 9. The fourth-order valence-corrected chi connectivity index (χ4v) is 4.63. The van der Waals surface area contributed by atoms with E-state index in [2.05, 4.69) is 5.32 Å². The molecular formula is C17H22N2O4S2. The molecule has 0 atom stereocenters. The van der Waals surface area contributed by atoms with E-state index in [4.69, 9.17) is 4.74 Å². The number of amides is 1. The molecule has 0 aliphatic rings. The van der Waals surface area contributed by atoms with Crippen LogP contribution in [0.1, 0.15) is 18.4 Å². The van der Waals surface area contributed by atoms with E-state index in [0.29, 0.717) is 23.7 Å². The Morgan fingerprint density at radius 3 is 2.76 bits per heavy atom. The van der Waals surface area contributed by atoms with Gasteiger partial charge in [0.15, 0.2) is 0 Å². The van der Waals surface area contributed by atoms with E-state index in [1.807, 2.05) is 24.3 Å². The summed E-state index contributed by atoms with van der Waals surface area (Å²) in [7, 11) is -0.324. The summed E-state index contributed by atoms with van der Waals surface area (Å²) in [6.45, 7) is 0.714. The first-order valence-electron chi connectivity index (χ1n) is 7.83. The quantitative estimate of drug-likeness (QED) is 0.723. The standard InChI is InChI=1S/C17H22N2O4S2/c1-19(25(21,22)17-9-5-11-24-17)10-4-8-16(20)18-13-14-6-3-7-15(12-14)23-2/h3,5-7,9,11-12H,4,8,10,13H2,1-2H3,(H,18,20). The molecule has 0 unspecified atom stereocenters. The van der Waals surface area contributed by atoms with Crippen LogP contribution in [0.5, 0.6) is 5.75 Å². The lowest BCUT2D eigenvalue weighted by molar-refractivity contribution is -0.121. The molecule has 1 aromatic carbocycles. The molecule has 1 N–H and O–H groups in total. The van der Waals surface area contributed by atoms with Gasteiger partial charge < -0.3 is 10.1 Å². The Balaban J connectivity index is 1.75. The lowest BCUT2D eigenvalue weighted by Gasteiger charge is -2.15. The topological polar surface area (TPSA) is 75.7 Å². The summed E-state index contributed by atoms with van der Waals surface area (Å²) in [5.41, 5.74) is 0.949. The van der Waals surface area contributed by atoms with Gasteiger partial charge in [0.1, 0.15) is 9.96 Å². The van der Waals surface area contributed by atoms with Crippen LogP contribution < -0.4 is 10.1 Å². The van der Waals surface area contributed by atoms with Crippen LogP contribution in [0.25, 0.3) is 0 Å². The summed E-state index contributed by atoms with van der Waals surface area (Å²) >= 11 is 1.19. The maximum Gasteiger partial charge on any atom is 0.252 e. The van der Waals surface area contributed by atoms with Crippen molar-refractivity contribution in [1.29, 1.82) is 0 Å². The van der Waals surface area contributed by atoms with Crippen LogP contribution in [0.3, 0.4) is 0 Å². The van der Waals surface area contributed by atoms with Crippen molar-refractivity contribution in [1.82, 2.24) is 9.62 Å². The summed E-state index contributed by atoms with van der Waals surface area (Å²) in [5, 5.41) is 4.56. The minimum absolute atomic E-state index is 0.107. The molecule has 0 saturated carbocycles. The number of carbonyl (C=O) groups excluding carboxylic acids is 1. The predicted molar refractivity (Wildman–Crippen MR) is 98.2 cm³/mol. The molecule has 2 rings (SSSR count). The summed E-state index contributed by atoms with van der Waals surface area (Å²) in [6.07, 6.45) is 0.735. The van der Waals surface area contributed by atoms with E-state index in [1.54, 1.807) is 24.6 Å². The molecule has 0 spiro atoms. The number of nitrogens with one attached hydrogen (secondary N) is 1. The van der Waals surface area contributed by atoms with E-state index in [1.165, 1.54) is 22.7 Å². The highest BCUT2D eigenvalue weighted by Gasteiger charge is 2.21. The summed E-state index contributed by atoms with van der Waals surface area (Å²) in [6, 6.07) is 10.8. The van der Waals surface area contributed by atoms with Crippen LogP contribution in [0.4, 0.5) is 0 Å². The SMILES string of the molecule is COc1cccc(CNC(=O)CCCN(C)S(=O)(=O)c2cccs2)c1. The fraction of sp³-hybridized carbons (Fsp3) is 0.353. The molecule has 1 heterocycles. The number of thiophene rings is 1. The second-order valence-electron chi connectivity index (χ2n) is 5.49. The molecule has 25 heavy (non-hydrogen) atoms. The number of sulfonamides is 1. The average Bonchev–Trinajstić information content (AvgIpc) is 3.15. The van der Waals surface area contributed by atoms with Gasteiger partial charge in [-0.1, -0.05) is 18.2 Å². The van der Waals surface area contributed by atoms with E-state index in [-0.39, 0.29) is 12.3 Å². The van der Waals surface area contributed by atoms with Crippen molar-refractivity contribution in [3.05, 3.63) is 47.3 Å². The smallest absolute Gasteiger partial charge is 0.252 e. The van der Waals surface area contributed by atoms with Gasteiger partial charge in [0.05, 0.1) is 7.11 Å². The molecule has 2 aromatic rings. The number of benzene rings is 1. The molecule has 0 saturated heterocycles. The Labute approximate surface area is 152 Å². The second kappa shape index (κ2) is 8.98. The normalized spacial score (nSPS) is 11.5. The van der Waals surface area contributed by atoms with Crippen molar-refractivity contribution in [2.75, 3.05) is 20.7 Å². The fourth-order valence-electron chi connectivity index (χ4n) is 2.22. The van der Waals surface area contributed by atoms with Crippen molar-refractivity contribution in [3.63, 3.8) is 0 Å². The van der Waals surface area contributed by atoms with Gasteiger partial charge in [-0.25, -0.2) is 12.7 Å². The van der Waals surface area contributed by atoms with E-state index in [9.17, 15) is 13.2 Å². The summed E-state index contributed by atoms with van der Waals surface area (Å²) in [5.74, 6) is 0.636. The summed E-state index contributed by atoms with van der Waals surface area (Å²) < 4.78 is 31.3. The first-order valence-corrected chi connectivity index (χ1v) is 10.1. The van der Waals surface area contributed by atoms with Gasteiger partial charge in [-0.3, -0.25) is 4.79 Å². The van der Waals surface area contributed by atoms with E-state index in [0.717, 1.165) is 11.3 Å². The van der Waals surface area contributed by atoms with Crippen molar-refractivity contribution < 1.29 is 17.9 Å². The molecular weight excluding hydrogens is 360 g/mol. The number of methoxy groups -OCH3 is 1. The highest BCUT2D eigenvalue weighted by molar-refractivity contribution is 7.91. The van der Waals surface area contributed by atoms with Gasteiger partial charge in [-0.2, -0.15) is 0 Å². The first kappa shape index (κ1) is 19.4. The molecule has 6 nitrogen and oxygen atoms in total. The molecule has 8 heteroatoms. The van der Waals surface area contributed by atoms with E-state index < -0.39 is 10.0 Å². The zero-order valence-corrected chi connectivity index (χ0v) is 15.9. The van der Waals surface area contributed by atoms with Gasteiger partial charge in [-0.05, 0) is 35.6 Å². The molecule has 0 aliphatic heterocycles. The number of ether oxygens (including phenoxy) is 1. The molecule has 0 radical (unpaired) electrons. The van der Waals surface area contributed by atoms with Crippen LogP contribution in [0, 0.1) is 0 Å². The maximum absolute atomic E-state index is 12.3. The summed E-state index contributed by atoms with van der Waals surface area (Å²) in [4.78, 5) is 11.9. The number of nitrogens with zero attached hydrogens (tertiary/aromatic N) is 1. The molecule has 136 valence electrons. The maximum atomic E-state index is 12.3. The monoisotopic (exact) mass is 382 g/mol. The van der Waals surface area contributed by atoms with Crippen LogP contribution in [-0.4, -0.2) is 39.3 Å². The van der Waals surface area contributed by atoms with E-state index >= 15 is 0 Å². The van der Waals surface area contributed by atoms with Crippen molar-refractivity contribution in [3.8, 4) is 5.75 Å². The Kier molecular flexibility index (Phi) is 6.98. The molecule has 0 fully saturated rings. The third-order valence-electron chi connectivity index (χ3n) is 3.66. The van der Waals surface area contributed by atoms with Crippen molar-refractivity contribution in [2.24, 2.45) is 0 Å². The highest BCUT2D eigenvalue weighted by Crippen LogP contribution is 2.20. The Hall–Kier alpha value is -1.90. The van der Waals surface area contributed by atoms with Gasteiger partial charge >= 0.3 is 0 Å². The largest absolute Gasteiger partial charge is 0.497 e. The highest BCUT2D eigenvalue weighted by atomic mass is 32.2. The second-order valence-corrected chi connectivity index (χ2v) is 8.71. The van der Waals surface area contributed by atoms with Crippen LogP contribution in [0.2, 0.25) is 0 Å². The van der Waals surface area contributed by atoms with Crippen molar-refractivity contribution >= 4 is 27.3 Å². The molecule has 1 aromatic heterocycles. The molecule has 0 aliphatic carbocycles. The number of hydrogen-bond acceptors (Lipinski definition) is 5. The van der Waals surface area contributed by atoms with Crippen molar-refractivity contribution in [2.45, 2.75) is 23.6 Å². The third kappa shape index (κ3) is 5.55. The third-order valence-corrected chi connectivity index (χ3v) is 6.89. The lowest BCUT2D eigenvalue weighted by Crippen LogP contribution is -2.29. The Bertz CT molecular complexity index is 789. The average molecular weight is 383 g/mol. The lowest BCUT2D eigenvalue weighted by atomic mass is 10.2. The molecule has 0 bridgehead atoms. The number of carbonyl (C=O) groups is 1. The van der Waals surface area contributed by atoms with Gasteiger partial charge in [0.2, 0.25) is 5.91 Å². The zero-order valence-electron chi connectivity index (χ0n) is 14.3. The molecule has 1 amide bonds. The predicted octanol–water partition coefficient (Wildman–Crippen LogP) is 2.47. The van der Waals surface area contributed by atoms with Crippen LogP contribution in [0.15, 0.2) is 46.0 Å². The van der Waals surface area contributed by atoms with Gasteiger partial charge in [0.25, 0.3) is 10.0 Å². The van der Waals surface area contributed by atoms with Gasteiger partial charge in [0, 0.05) is 26.6 Å². The minimum Gasteiger partial charge on any atom is -0.497 e. The van der Waals surface area contributed by atoms with Crippen LogP contribution >= 0.6 is 11.3 Å². The number of hydrogen-bond donors (Lipinski definition) is 1. The Morgan fingerprint density at radius 2 is 2.08 bits per heavy atom. The minimum atomic E-state index is -3.45. The zero-order chi connectivity index (χ0) is 18.3. The Morgan fingerprint density at radius 1 is 1.28 bits per heavy atom. The van der Waals surface area contributed by atoms with Crippen LogP contribution in [-0.2, 0) is 21.4 Å². The van der Waals surface area contributed by atoms with Gasteiger partial charge in [-0.15, -0.1) is 11.3 Å². The first-order chi connectivity index (χ1) is 11.9.